The number of carbonyl (C=O) groups excluding carboxylic acids is 1. The first kappa shape index (κ1) is 13.5. The summed E-state index contributed by atoms with van der Waals surface area (Å²) in [5.74, 6) is -0.0988. The van der Waals surface area contributed by atoms with E-state index in [9.17, 15) is 9.18 Å². The quantitative estimate of drug-likeness (QED) is 0.782. The first-order valence-corrected chi connectivity index (χ1v) is 6.92. The average Bonchev–Trinajstić information content (AvgIpc) is 2.82. The predicted molar refractivity (Wildman–Crippen MR) is 71.3 cm³/mol. The van der Waals surface area contributed by atoms with Crippen LogP contribution in [0, 0.1) is 11.2 Å². The molecule has 0 saturated heterocycles. The van der Waals surface area contributed by atoms with Gasteiger partial charge in [-0.25, -0.2) is 4.39 Å². The van der Waals surface area contributed by atoms with Crippen LogP contribution < -0.4 is 0 Å². The van der Waals surface area contributed by atoms with Crippen LogP contribution in [0.3, 0.4) is 0 Å². The highest BCUT2D eigenvalue weighted by Gasteiger charge is 2.38. The number of ketones is 1. The van der Waals surface area contributed by atoms with Crippen LogP contribution in [-0.2, 0) is 11.2 Å². The Kier molecular flexibility index (Phi) is 4.06. The van der Waals surface area contributed by atoms with Crippen molar-refractivity contribution in [3.8, 4) is 0 Å². The van der Waals surface area contributed by atoms with Crippen LogP contribution in [-0.4, -0.2) is 5.78 Å². The standard InChI is InChI=1S/C15H18ClFO/c1-2-15(7-3-4-8-15)14(18)9-11-5-6-12(17)10-13(11)16/h5-6,10H,2-4,7-9H2,1H3. The molecule has 1 saturated carbocycles. The van der Waals surface area contributed by atoms with Crippen molar-refractivity contribution in [1.82, 2.24) is 0 Å². The molecule has 0 radical (unpaired) electrons. The zero-order valence-corrected chi connectivity index (χ0v) is 11.4. The van der Waals surface area contributed by atoms with E-state index in [1.807, 2.05) is 0 Å². The Hall–Kier alpha value is -0.890. The van der Waals surface area contributed by atoms with Crippen LogP contribution in [0.2, 0.25) is 5.02 Å². The molecular formula is C15H18ClFO. The van der Waals surface area contributed by atoms with E-state index < -0.39 is 0 Å². The van der Waals surface area contributed by atoms with Gasteiger partial charge in [-0.05, 0) is 37.0 Å². The van der Waals surface area contributed by atoms with Crippen molar-refractivity contribution in [3.63, 3.8) is 0 Å². The summed E-state index contributed by atoms with van der Waals surface area (Å²) in [6.07, 6.45) is 5.47. The second-order valence-electron chi connectivity index (χ2n) is 5.18. The van der Waals surface area contributed by atoms with Crippen molar-refractivity contribution in [2.75, 3.05) is 0 Å². The highest BCUT2D eigenvalue weighted by molar-refractivity contribution is 6.31. The molecule has 3 heteroatoms. The van der Waals surface area contributed by atoms with Gasteiger partial charge in [-0.1, -0.05) is 37.4 Å². The van der Waals surface area contributed by atoms with Crippen LogP contribution >= 0.6 is 11.6 Å². The molecule has 1 aromatic rings. The number of benzene rings is 1. The molecule has 0 atom stereocenters. The number of Topliss-reactive ketones (excluding diaryl/α,β-unsaturated/α-hetero) is 1. The summed E-state index contributed by atoms with van der Waals surface area (Å²) < 4.78 is 13.0. The lowest BCUT2D eigenvalue weighted by Crippen LogP contribution is -2.28. The van der Waals surface area contributed by atoms with Gasteiger partial charge in [-0.2, -0.15) is 0 Å². The average molecular weight is 269 g/mol. The van der Waals surface area contributed by atoms with E-state index >= 15 is 0 Å². The molecule has 1 fully saturated rings. The number of halogens is 2. The summed E-state index contributed by atoms with van der Waals surface area (Å²) in [4.78, 5) is 12.5. The number of hydrogen-bond acceptors (Lipinski definition) is 1. The van der Waals surface area contributed by atoms with E-state index in [4.69, 9.17) is 11.6 Å². The fourth-order valence-corrected chi connectivity index (χ4v) is 3.14. The van der Waals surface area contributed by atoms with E-state index in [1.54, 1.807) is 6.07 Å². The van der Waals surface area contributed by atoms with Crippen LogP contribution in [0.15, 0.2) is 18.2 Å². The van der Waals surface area contributed by atoms with Gasteiger partial charge >= 0.3 is 0 Å². The number of rotatable bonds is 4. The van der Waals surface area contributed by atoms with Gasteiger partial charge in [0.2, 0.25) is 0 Å². The Morgan fingerprint density at radius 3 is 2.61 bits per heavy atom. The van der Waals surface area contributed by atoms with Crippen molar-refractivity contribution in [3.05, 3.63) is 34.6 Å². The Balaban J connectivity index is 2.15. The summed E-state index contributed by atoms with van der Waals surface area (Å²) in [5.41, 5.74) is 0.584. The minimum absolute atomic E-state index is 0.155. The summed E-state index contributed by atoms with van der Waals surface area (Å²) >= 11 is 5.98. The van der Waals surface area contributed by atoms with Crippen molar-refractivity contribution in [2.24, 2.45) is 5.41 Å². The smallest absolute Gasteiger partial charge is 0.143 e. The summed E-state index contributed by atoms with van der Waals surface area (Å²) in [5, 5.41) is 0.354. The minimum atomic E-state index is -0.359. The van der Waals surface area contributed by atoms with E-state index in [-0.39, 0.29) is 17.0 Å². The Morgan fingerprint density at radius 2 is 2.06 bits per heavy atom. The maximum absolute atomic E-state index is 13.0. The molecule has 2 rings (SSSR count). The molecule has 0 aliphatic heterocycles. The molecule has 0 bridgehead atoms. The van der Waals surface area contributed by atoms with Crippen molar-refractivity contribution < 1.29 is 9.18 Å². The zero-order valence-electron chi connectivity index (χ0n) is 10.6. The molecule has 1 aliphatic rings. The van der Waals surface area contributed by atoms with Crippen LogP contribution in [0.5, 0.6) is 0 Å². The Bertz CT molecular complexity index is 450. The Morgan fingerprint density at radius 1 is 1.39 bits per heavy atom. The lowest BCUT2D eigenvalue weighted by atomic mass is 9.77. The molecule has 0 aromatic heterocycles. The fourth-order valence-electron chi connectivity index (χ4n) is 2.91. The predicted octanol–water partition coefficient (Wildman–Crippen LogP) is 4.56. The molecule has 0 heterocycles. The van der Waals surface area contributed by atoms with Gasteiger partial charge in [0.25, 0.3) is 0 Å². The van der Waals surface area contributed by atoms with E-state index in [1.165, 1.54) is 12.1 Å². The normalized spacial score (nSPS) is 17.9. The SMILES string of the molecule is CCC1(C(=O)Cc2ccc(F)cc2Cl)CCCC1. The third-order valence-electron chi connectivity index (χ3n) is 4.20. The monoisotopic (exact) mass is 268 g/mol. The van der Waals surface area contributed by atoms with E-state index in [0.29, 0.717) is 11.4 Å². The highest BCUT2D eigenvalue weighted by Crippen LogP contribution is 2.42. The van der Waals surface area contributed by atoms with Crippen LogP contribution in [0.4, 0.5) is 4.39 Å². The fraction of sp³-hybridized carbons (Fsp3) is 0.533. The van der Waals surface area contributed by atoms with Gasteiger partial charge in [-0.3, -0.25) is 4.79 Å². The zero-order chi connectivity index (χ0) is 13.2. The van der Waals surface area contributed by atoms with Gasteiger partial charge < -0.3 is 0 Å². The molecule has 0 unspecified atom stereocenters. The summed E-state index contributed by atoms with van der Waals surface area (Å²) in [7, 11) is 0. The van der Waals surface area contributed by atoms with E-state index in [2.05, 4.69) is 6.92 Å². The molecule has 98 valence electrons. The largest absolute Gasteiger partial charge is 0.299 e. The molecule has 18 heavy (non-hydrogen) atoms. The lowest BCUT2D eigenvalue weighted by molar-refractivity contribution is -0.128. The molecule has 1 nitrogen and oxygen atoms in total. The minimum Gasteiger partial charge on any atom is -0.299 e. The van der Waals surface area contributed by atoms with Gasteiger partial charge in [0.15, 0.2) is 0 Å². The van der Waals surface area contributed by atoms with Crippen LogP contribution in [0.25, 0.3) is 0 Å². The molecule has 1 aromatic carbocycles. The van der Waals surface area contributed by atoms with Crippen LogP contribution in [0.1, 0.15) is 44.6 Å². The topological polar surface area (TPSA) is 17.1 Å². The summed E-state index contributed by atoms with van der Waals surface area (Å²) in [6.45, 7) is 2.08. The first-order valence-electron chi connectivity index (χ1n) is 6.54. The third kappa shape index (κ3) is 2.59. The second-order valence-corrected chi connectivity index (χ2v) is 5.58. The Labute approximate surface area is 112 Å². The van der Waals surface area contributed by atoms with Crippen molar-refractivity contribution in [2.45, 2.75) is 45.4 Å². The number of hydrogen-bond donors (Lipinski definition) is 0. The molecular weight excluding hydrogens is 251 g/mol. The molecule has 0 amide bonds. The highest BCUT2D eigenvalue weighted by atomic mass is 35.5. The lowest BCUT2D eigenvalue weighted by Gasteiger charge is -2.25. The molecule has 0 spiro atoms. The van der Waals surface area contributed by atoms with Gasteiger partial charge in [0.1, 0.15) is 11.6 Å². The first-order chi connectivity index (χ1) is 8.57. The van der Waals surface area contributed by atoms with Crippen molar-refractivity contribution in [1.29, 1.82) is 0 Å². The van der Waals surface area contributed by atoms with Crippen molar-refractivity contribution >= 4 is 17.4 Å². The van der Waals surface area contributed by atoms with E-state index in [0.717, 1.165) is 37.7 Å². The second kappa shape index (κ2) is 5.40. The van der Waals surface area contributed by atoms with Gasteiger partial charge in [0, 0.05) is 16.9 Å². The van der Waals surface area contributed by atoms with Gasteiger partial charge in [0.05, 0.1) is 0 Å². The number of carbonyl (C=O) groups is 1. The summed E-state index contributed by atoms with van der Waals surface area (Å²) in [6, 6.07) is 4.26. The maximum atomic E-state index is 13.0. The molecule has 1 aliphatic carbocycles. The molecule has 0 N–H and O–H groups in total. The maximum Gasteiger partial charge on any atom is 0.143 e. The van der Waals surface area contributed by atoms with Gasteiger partial charge in [-0.15, -0.1) is 0 Å². The third-order valence-corrected chi connectivity index (χ3v) is 4.55.